The van der Waals surface area contributed by atoms with Crippen molar-refractivity contribution in [2.45, 2.75) is 31.8 Å². The molecule has 0 bridgehead atoms. The Bertz CT molecular complexity index is 540. The van der Waals surface area contributed by atoms with Crippen LogP contribution in [0, 0.1) is 0 Å². The van der Waals surface area contributed by atoms with Gasteiger partial charge in [-0.25, -0.2) is 0 Å². The van der Waals surface area contributed by atoms with Crippen molar-refractivity contribution in [1.29, 1.82) is 0 Å². The molecule has 1 fully saturated rings. The first-order valence-corrected chi connectivity index (χ1v) is 7.13. The monoisotopic (exact) mass is 272 g/mol. The van der Waals surface area contributed by atoms with Crippen LogP contribution in [0.2, 0.25) is 0 Å². The lowest BCUT2D eigenvalue weighted by Gasteiger charge is -2.29. The van der Waals surface area contributed by atoms with Crippen molar-refractivity contribution >= 4 is 0 Å². The molecule has 106 valence electrons. The fourth-order valence-corrected chi connectivity index (χ4v) is 2.63. The maximum Gasteiger partial charge on any atom is 0.240 e. The smallest absolute Gasteiger partial charge is 0.240 e. The highest BCUT2D eigenvalue weighted by molar-refractivity contribution is 5.18. The van der Waals surface area contributed by atoms with Gasteiger partial charge in [0.05, 0.1) is 6.54 Å². The maximum absolute atomic E-state index is 5.98. The topological polar surface area (TPSA) is 68.2 Å². The van der Waals surface area contributed by atoms with Gasteiger partial charge in [-0.15, -0.1) is 0 Å². The van der Waals surface area contributed by atoms with Crippen LogP contribution < -0.4 is 5.73 Å². The molecule has 2 aromatic rings. The second kappa shape index (κ2) is 6.15. The van der Waals surface area contributed by atoms with Gasteiger partial charge < -0.3 is 10.3 Å². The number of hydrogen-bond acceptors (Lipinski definition) is 5. The Morgan fingerprint density at radius 2 is 2.15 bits per heavy atom. The van der Waals surface area contributed by atoms with Crippen molar-refractivity contribution < 1.29 is 4.52 Å². The van der Waals surface area contributed by atoms with E-state index in [1.807, 2.05) is 18.2 Å². The largest absolute Gasteiger partial charge is 0.338 e. The number of benzene rings is 1. The molecule has 2 N–H and O–H groups in total. The molecule has 2 heterocycles. The van der Waals surface area contributed by atoms with Gasteiger partial charge in [0.1, 0.15) is 0 Å². The van der Waals surface area contributed by atoms with E-state index in [1.54, 1.807) is 0 Å². The first kappa shape index (κ1) is 13.3. The van der Waals surface area contributed by atoms with Gasteiger partial charge in [-0.3, -0.25) is 4.90 Å². The summed E-state index contributed by atoms with van der Waals surface area (Å²) in [5.74, 6) is 1.43. The van der Waals surface area contributed by atoms with E-state index in [0.29, 0.717) is 18.9 Å². The van der Waals surface area contributed by atoms with Gasteiger partial charge in [-0.2, -0.15) is 4.98 Å². The number of piperidine rings is 1. The molecule has 1 aromatic heterocycles. The predicted octanol–water partition coefficient (Wildman–Crippen LogP) is 1.58. The minimum Gasteiger partial charge on any atom is -0.338 e. The summed E-state index contributed by atoms with van der Waals surface area (Å²) in [5, 5.41) is 4.05. The molecule has 1 saturated heterocycles. The molecule has 0 aliphatic carbocycles. The first-order chi connectivity index (χ1) is 9.79. The van der Waals surface area contributed by atoms with Gasteiger partial charge in [0.2, 0.25) is 5.89 Å². The van der Waals surface area contributed by atoms with Crippen molar-refractivity contribution in [3.63, 3.8) is 0 Å². The van der Waals surface area contributed by atoms with E-state index in [9.17, 15) is 0 Å². The fraction of sp³-hybridized carbons (Fsp3) is 0.467. The van der Waals surface area contributed by atoms with Crippen LogP contribution in [0.4, 0.5) is 0 Å². The van der Waals surface area contributed by atoms with E-state index in [-0.39, 0.29) is 6.04 Å². The molecule has 0 radical (unpaired) electrons. The van der Waals surface area contributed by atoms with Crippen LogP contribution >= 0.6 is 0 Å². The summed E-state index contributed by atoms with van der Waals surface area (Å²) < 4.78 is 5.33. The molecule has 0 amide bonds. The van der Waals surface area contributed by atoms with Gasteiger partial charge in [0.25, 0.3) is 0 Å². The van der Waals surface area contributed by atoms with E-state index in [2.05, 4.69) is 27.2 Å². The van der Waals surface area contributed by atoms with Crippen LogP contribution in [-0.2, 0) is 13.0 Å². The number of nitrogens with two attached hydrogens (primary N) is 1. The van der Waals surface area contributed by atoms with Crippen LogP contribution in [0.3, 0.4) is 0 Å². The van der Waals surface area contributed by atoms with Crippen molar-refractivity contribution in [1.82, 2.24) is 15.0 Å². The SMILES string of the molecule is N[C@@H]1CCCN(Cc2nc(Cc3ccccc3)no2)C1. The number of nitrogens with zero attached hydrogens (tertiary/aromatic N) is 3. The zero-order chi connectivity index (χ0) is 13.8. The normalized spacial score (nSPS) is 20.1. The Balaban J connectivity index is 1.59. The van der Waals surface area contributed by atoms with Gasteiger partial charge >= 0.3 is 0 Å². The number of likely N-dealkylation sites (tertiary alicyclic amines) is 1. The minimum absolute atomic E-state index is 0.274. The van der Waals surface area contributed by atoms with Crippen LogP contribution in [0.5, 0.6) is 0 Å². The van der Waals surface area contributed by atoms with E-state index in [1.165, 1.54) is 5.56 Å². The van der Waals surface area contributed by atoms with Crippen molar-refractivity contribution in [3.8, 4) is 0 Å². The summed E-state index contributed by atoms with van der Waals surface area (Å²) in [5.41, 5.74) is 7.17. The third kappa shape index (κ3) is 3.43. The summed E-state index contributed by atoms with van der Waals surface area (Å²) in [4.78, 5) is 6.75. The second-order valence-electron chi connectivity index (χ2n) is 5.40. The zero-order valence-electron chi connectivity index (χ0n) is 11.5. The Kier molecular flexibility index (Phi) is 4.08. The molecule has 1 aliphatic heterocycles. The van der Waals surface area contributed by atoms with Gasteiger partial charge in [0, 0.05) is 19.0 Å². The van der Waals surface area contributed by atoms with E-state index >= 15 is 0 Å². The third-order valence-corrected chi connectivity index (χ3v) is 3.62. The minimum atomic E-state index is 0.274. The average Bonchev–Trinajstić information content (AvgIpc) is 2.87. The van der Waals surface area contributed by atoms with E-state index < -0.39 is 0 Å². The quantitative estimate of drug-likeness (QED) is 0.915. The lowest BCUT2D eigenvalue weighted by atomic mass is 10.1. The van der Waals surface area contributed by atoms with Gasteiger partial charge in [0.15, 0.2) is 5.82 Å². The molecule has 1 atom stereocenters. The molecule has 0 spiro atoms. The van der Waals surface area contributed by atoms with Crippen LogP contribution in [0.25, 0.3) is 0 Å². The predicted molar refractivity (Wildman–Crippen MR) is 76.0 cm³/mol. The second-order valence-corrected chi connectivity index (χ2v) is 5.40. The Morgan fingerprint density at radius 1 is 1.30 bits per heavy atom. The van der Waals surface area contributed by atoms with Crippen LogP contribution in [-0.4, -0.2) is 34.2 Å². The fourth-order valence-electron chi connectivity index (χ4n) is 2.63. The highest BCUT2D eigenvalue weighted by Crippen LogP contribution is 2.12. The Labute approximate surface area is 118 Å². The molecule has 0 unspecified atom stereocenters. The molecular weight excluding hydrogens is 252 g/mol. The molecule has 5 heteroatoms. The number of aromatic nitrogens is 2. The summed E-state index contributed by atoms with van der Waals surface area (Å²) in [6.07, 6.45) is 2.97. The highest BCUT2D eigenvalue weighted by Gasteiger charge is 2.19. The summed E-state index contributed by atoms with van der Waals surface area (Å²) in [6.45, 7) is 2.68. The lowest BCUT2D eigenvalue weighted by Crippen LogP contribution is -2.42. The Hall–Kier alpha value is -1.72. The van der Waals surface area contributed by atoms with Crippen molar-refractivity contribution in [2.24, 2.45) is 5.73 Å². The maximum atomic E-state index is 5.98. The highest BCUT2D eigenvalue weighted by atomic mass is 16.5. The molecular formula is C15H20N4O. The van der Waals surface area contributed by atoms with E-state index in [0.717, 1.165) is 31.8 Å². The van der Waals surface area contributed by atoms with Crippen molar-refractivity contribution in [2.75, 3.05) is 13.1 Å². The molecule has 1 aliphatic rings. The van der Waals surface area contributed by atoms with Crippen LogP contribution in [0.1, 0.15) is 30.1 Å². The Morgan fingerprint density at radius 3 is 2.95 bits per heavy atom. The number of hydrogen-bond donors (Lipinski definition) is 1. The standard InChI is InChI=1S/C15H20N4O/c16-13-7-4-8-19(10-13)11-15-17-14(18-20-15)9-12-5-2-1-3-6-12/h1-3,5-6,13H,4,7-11,16H2/t13-/m1/s1. The summed E-state index contributed by atoms with van der Waals surface area (Å²) in [7, 11) is 0. The van der Waals surface area contributed by atoms with Crippen molar-refractivity contribution in [3.05, 3.63) is 47.6 Å². The number of rotatable bonds is 4. The summed E-state index contributed by atoms with van der Waals surface area (Å²) >= 11 is 0. The van der Waals surface area contributed by atoms with Gasteiger partial charge in [-0.05, 0) is 24.9 Å². The van der Waals surface area contributed by atoms with E-state index in [4.69, 9.17) is 10.3 Å². The molecule has 20 heavy (non-hydrogen) atoms. The summed E-state index contributed by atoms with van der Waals surface area (Å²) in [6, 6.07) is 10.5. The third-order valence-electron chi connectivity index (χ3n) is 3.62. The van der Waals surface area contributed by atoms with Gasteiger partial charge in [-0.1, -0.05) is 35.5 Å². The molecule has 5 nitrogen and oxygen atoms in total. The first-order valence-electron chi connectivity index (χ1n) is 7.13. The zero-order valence-corrected chi connectivity index (χ0v) is 11.5. The van der Waals surface area contributed by atoms with Crippen LogP contribution in [0.15, 0.2) is 34.9 Å². The molecule has 0 saturated carbocycles. The molecule has 3 rings (SSSR count). The lowest BCUT2D eigenvalue weighted by molar-refractivity contribution is 0.178. The average molecular weight is 272 g/mol. The molecule has 1 aromatic carbocycles.